The fourth-order valence-corrected chi connectivity index (χ4v) is 4.67. The molecule has 1 aromatic rings. The van der Waals surface area contributed by atoms with E-state index in [-0.39, 0.29) is 11.9 Å². The van der Waals surface area contributed by atoms with Gasteiger partial charge in [-0.05, 0) is 36.3 Å². The summed E-state index contributed by atoms with van der Waals surface area (Å²) >= 11 is 0. The Morgan fingerprint density at radius 3 is 2.44 bits per heavy atom. The molecular formula is C22H32N2O3. The molecule has 0 spiro atoms. The van der Waals surface area contributed by atoms with Crippen LogP contribution in [0.1, 0.15) is 70.0 Å². The number of carbonyl (C=O) groups is 2. The molecule has 1 saturated carbocycles. The number of nitrogens with zero attached hydrogens (tertiary/aromatic N) is 1. The molecule has 2 atom stereocenters. The van der Waals surface area contributed by atoms with Crippen molar-refractivity contribution >= 4 is 12.0 Å². The Bertz CT molecular complexity index is 689. The quantitative estimate of drug-likeness (QED) is 0.864. The summed E-state index contributed by atoms with van der Waals surface area (Å²) in [5, 5.41) is 0. The van der Waals surface area contributed by atoms with Crippen LogP contribution in [0.5, 0.6) is 0 Å². The van der Waals surface area contributed by atoms with E-state index in [1.165, 1.54) is 30.4 Å². The van der Waals surface area contributed by atoms with Crippen LogP contribution in [0.3, 0.4) is 0 Å². The molecule has 5 nitrogen and oxygen atoms in total. The van der Waals surface area contributed by atoms with Crippen molar-refractivity contribution in [2.24, 2.45) is 17.1 Å². The normalized spacial score (nSPS) is 22.0. The van der Waals surface area contributed by atoms with Gasteiger partial charge in [0.1, 0.15) is 0 Å². The summed E-state index contributed by atoms with van der Waals surface area (Å²) in [6.45, 7) is 6.38. The number of hydrogen-bond donors (Lipinski definition) is 1. The van der Waals surface area contributed by atoms with E-state index in [1.807, 2.05) is 25.7 Å². The number of hydrogen-bond acceptors (Lipinski definition) is 3. The highest BCUT2D eigenvalue weighted by Crippen LogP contribution is 2.43. The van der Waals surface area contributed by atoms with Gasteiger partial charge in [-0.2, -0.15) is 0 Å². The number of primary amides is 1. The Hall–Kier alpha value is -2.04. The van der Waals surface area contributed by atoms with E-state index in [0.717, 1.165) is 19.3 Å². The lowest BCUT2D eigenvalue weighted by Gasteiger charge is -2.45. The first-order chi connectivity index (χ1) is 12.8. The molecular weight excluding hydrogens is 340 g/mol. The van der Waals surface area contributed by atoms with Crippen LogP contribution < -0.4 is 5.73 Å². The van der Waals surface area contributed by atoms with Crippen molar-refractivity contribution in [3.8, 4) is 0 Å². The third kappa shape index (κ3) is 4.28. The predicted molar refractivity (Wildman–Crippen MR) is 105 cm³/mol. The fraction of sp³-hybridized carbons (Fsp3) is 0.636. The number of carbonyl (C=O) groups excluding carboxylic acids is 2. The number of rotatable bonds is 3. The first-order valence-corrected chi connectivity index (χ1v) is 10.1. The van der Waals surface area contributed by atoms with Crippen molar-refractivity contribution in [3.05, 3.63) is 35.4 Å². The van der Waals surface area contributed by atoms with E-state index in [4.69, 9.17) is 10.5 Å². The zero-order valence-electron chi connectivity index (χ0n) is 16.7. The Kier molecular flexibility index (Phi) is 5.78. The van der Waals surface area contributed by atoms with Crippen LogP contribution in [0.4, 0.5) is 4.79 Å². The van der Waals surface area contributed by atoms with Crippen molar-refractivity contribution in [3.63, 3.8) is 0 Å². The summed E-state index contributed by atoms with van der Waals surface area (Å²) in [6, 6.07) is 8.53. The average Bonchev–Trinajstić information content (AvgIpc) is 2.64. The number of amides is 2. The molecule has 0 radical (unpaired) electrons. The van der Waals surface area contributed by atoms with Crippen LogP contribution in [-0.2, 0) is 16.0 Å². The molecule has 2 amide bonds. The lowest BCUT2D eigenvalue weighted by atomic mass is 9.76. The maximum Gasteiger partial charge on any atom is 0.405 e. The molecule has 2 N–H and O–H groups in total. The molecule has 3 rings (SSSR count). The molecule has 2 aliphatic rings. The van der Waals surface area contributed by atoms with Crippen molar-refractivity contribution in [2.45, 2.75) is 71.4 Å². The minimum atomic E-state index is -0.894. The second-order valence-corrected chi connectivity index (χ2v) is 9.01. The van der Waals surface area contributed by atoms with Crippen molar-refractivity contribution < 1.29 is 14.3 Å². The zero-order chi connectivity index (χ0) is 19.6. The second-order valence-electron chi connectivity index (χ2n) is 9.01. The van der Waals surface area contributed by atoms with Gasteiger partial charge in [0, 0.05) is 12.0 Å². The first-order valence-electron chi connectivity index (χ1n) is 10.1. The SMILES string of the molecule is CC(C)(C)C(OC(N)=O)C(=O)N1CCc2ccccc2C1C1CCCCC1. The topological polar surface area (TPSA) is 72.6 Å². The largest absolute Gasteiger partial charge is 0.436 e. The molecule has 5 heteroatoms. The van der Waals surface area contributed by atoms with Crippen LogP contribution >= 0.6 is 0 Å². The van der Waals surface area contributed by atoms with Gasteiger partial charge in [-0.15, -0.1) is 0 Å². The maximum absolute atomic E-state index is 13.5. The molecule has 1 aliphatic heterocycles. The lowest BCUT2D eigenvalue weighted by Crippen LogP contribution is -2.52. The van der Waals surface area contributed by atoms with Crippen molar-refractivity contribution in [2.75, 3.05) is 6.54 Å². The van der Waals surface area contributed by atoms with E-state index in [2.05, 4.69) is 24.3 Å². The second kappa shape index (κ2) is 7.91. The number of nitrogens with two attached hydrogens (primary N) is 1. The van der Waals surface area contributed by atoms with Crippen LogP contribution in [0.25, 0.3) is 0 Å². The van der Waals surface area contributed by atoms with Gasteiger partial charge in [0.05, 0.1) is 6.04 Å². The molecule has 2 unspecified atom stereocenters. The van der Waals surface area contributed by atoms with Crippen LogP contribution in [0.15, 0.2) is 24.3 Å². The smallest absolute Gasteiger partial charge is 0.405 e. The van der Waals surface area contributed by atoms with Gasteiger partial charge in [-0.1, -0.05) is 64.3 Å². The predicted octanol–water partition coefficient (Wildman–Crippen LogP) is 4.20. The van der Waals surface area contributed by atoms with Crippen LogP contribution in [0.2, 0.25) is 0 Å². The summed E-state index contributed by atoms with van der Waals surface area (Å²) in [6.07, 6.45) is 5.05. The van der Waals surface area contributed by atoms with Crippen molar-refractivity contribution in [1.82, 2.24) is 4.90 Å². The highest BCUT2D eigenvalue weighted by atomic mass is 16.6. The van der Waals surface area contributed by atoms with Crippen LogP contribution in [-0.4, -0.2) is 29.5 Å². The third-order valence-corrected chi connectivity index (χ3v) is 5.96. The van der Waals surface area contributed by atoms with E-state index in [9.17, 15) is 9.59 Å². The van der Waals surface area contributed by atoms with Gasteiger partial charge in [-0.3, -0.25) is 4.79 Å². The lowest BCUT2D eigenvalue weighted by molar-refractivity contribution is -0.150. The molecule has 1 aliphatic carbocycles. The first kappa shape index (κ1) is 19.7. The van der Waals surface area contributed by atoms with Gasteiger partial charge >= 0.3 is 6.09 Å². The monoisotopic (exact) mass is 372 g/mol. The van der Waals surface area contributed by atoms with Crippen molar-refractivity contribution in [1.29, 1.82) is 0 Å². The number of benzene rings is 1. The Morgan fingerprint density at radius 2 is 1.81 bits per heavy atom. The highest BCUT2D eigenvalue weighted by Gasteiger charge is 2.43. The molecule has 148 valence electrons. The zero-order valence-corrected chi connectivity index (χ0v) is 16.7. The van der Waals surface area contributed by atoms with Gasteiger partial charge in [0.25, 0.3) is 5.91 Å². The summed E-state index contributed by atoms with van der Waals surface area (Å²) in [7, 11) is 0. The molecule has 0 aromatic heterocycles. The van der Waals surface area contributed by atoms with Gasteiger partial charge < -0.3 is 15.4 Å². The summed E-state index contributed by atoms with van der Waals surface area (Å²) in [4.78, 5) is 27.0. The molecule has 1 heterocycles. The number of fused-ring (bicyclic) bond motifs is 1. The van der Waals surface area contributed by atoms with E-state index >= 15 is 0 Å². The summed E-state index contributed by atoms with van der Waals surface area (Å²) in [5.41, 5.74) is 7.36. The highest BCUT2D eigenvalue weighted by molar-refractivity contribution is 5.84. The Balaban J connectivity index is 1.96. The van der Waals surface area contributed by atoms with Gasteiger partial charge in [0.2, 0.25) is 0 Å². The Morgan fingerprint density at radius 1 is 1.15 bits per heavy atom. The summed E-state index contributed by atoms with van der Waals surface area (Å²) in [5.74, 6) is 0.338. The maximum atomic E-state index is 13.5. The molecule has 27 heavy (non-hydrogen) atoms. The summed E-state index contributed by atoms with van der Waals surface area (Å²) < 4.78 is 5.30. The van der Waals surface area contributed by atoms with E-state index in [1.54, 1.807) is 0 Å². The van der Waals surface area contributed by atoms with Gasteiger partial charge in [0.15, 0.2) is 6.10 Å². The van der Waals surface area contributed by atoms with Crippen LogP contribution in [0, 0.1) is 11.3 Å². The number of ether oxygens (including phenoxy) is 1. The van der Waals surface area contributed by atoms with E-state index < -0.39 is 17.6 Å². The minimum Gasteiger partial charge on any atom is -0.436 e. The third-order valence-electron chi connectivity index (χ3n) is 5.96. The molecule has 1 aromatic carbocycles. The average molecular weight is 373 g/mol. The standard InChI is InChI=1S/C22H32N2O3/c1-22(2,3)19(27-21(23)26)20(25)24-14-13-15-9-7-8-12-17(15)18(24)16-10-5-4-6-11-16/h7-9,12,16,18-19H,4-6,10-11,13-14H2,1-3H3,(H2,23,26). The van der Waals surface area contributed by atoms with Gasteiger partial charge in [-0.25, -0.2) is 4.79 Å². The minimum absolute atomic E-state index is 0.0593. The molecule has 1 fully saturated rings. The molecule has 0 saturated heterocycles. The Labute approximate surface area is 162 Å². The molecule has 0 bridgehead atoms. The van der Waals surface area contributed by atoms with E-state index in [0.29, 0.717) is 12.5 Å². The fourth-order valence-electron chi connectivity index (χ4n) is 4.67.